The van der Waals surface area contributed by atoms with Gasteiger partial charge in [-0.1, -0.05) is 29.8 Å². The van der Waals surface area contributed by atoms with E-state index in [1.807, 2.05) is 0 Å². The first kappa shape index (κ1) is 11.0. The van der Waals surface area contributed by atoms with Gasteiger partial charge in [0.2, 0.25) is 0 Å². The minimum atomic E-state index is -4.69. The lowest BCUT2D eigenvalue weighted by atomic mass is 10.1. The summed E-state index contributed by atoms with van der Waals surface area (Å²) in [5.41, 5.74) is -2.47. The predicted octanol–water partition coefficient (Wildman–Crippen LogP) is 3.47. The summed E-state index contributed by atoms with van der Waals surface area (Å²) in [4.78, 5) is 11.1. The maximum absolute atomic E-state index is 12.7. The fraction of sp³-hybridized carbons (Fsp3) is 0.100. The first-order chi connectivity index (χ1) is 7.41. The van der Waals surface area contributed by atoms with E-state index in [9.17, 15) is 18.0 Å². The molecule has 0 aliphatic rings. The Labute approximate surface area is 92.2 Å². The van der Waals surface area contributed by atoms with Crippen molar-refractivity contribution in [3.8, 4) is 0 Å². The van der Waals surface area contributed by atoms with Crippen LogP contribution in [0.3, 0.4) is 0 Å². The van der Waals surface area contributed by atoms with E-state index in [0.717, 1.165) is 0 Å². The Morgan fingerprint density at radius 3 is 2.44 bits per heavy atom. The molecular weight excluding hydrogens is 245 g/mol. The van der Waals surface area contributed by atoms with Crippen LogP contribution in [0.15, 0.2) is 33.5 Å². The highest BCUT2D eigenvalue weighted by molar-refractivity contribution is 6.32. The Morgan fingerprint density at radius 1 is 1.19 bits per heavy atom. The zero-order valence-corrected chi connectivity index (χ0v) is 8.39. The summed E-state index contributed by atoms with van der Waals surface area (Å²) in [7, 11) is 0. The summed E-state index contributed by atoms with van der Waals surface area (Å²) in [6.07, 6.45) is -4.69. The van der Waals surface area contributed by atoms with E-state index < -0.39 is 22.4 Å². The second-order valence-electron chi connectivity index (χ2n) is 3.07. The number of hydrogen-bond acceptors (Lipinski definition) is 2. The minimum absolute atomic E-state index is 0.135. The van der Waals surface area contributed by atoms with Gasteiger partial charge in [-0.15, -0.1) is 0 Å². The van der Waals surface area contributed by atoms with Crippen LogP contribution in [0.5, 0.6) is 0 Å². The predicted molar refractivity (Wildman–Crippen MR) is 52.5 cm³/mol. The third-order valence-electron chi connectivity index (χ3n) is 2.04. The van der Waals surface area contributed by atoms with E-state index in [1.165, 1.54) is 24.3 Å². The van der Waals surface area contributed by atoms with Crippen LogP contribution in [0.4, 0.5) is 13.2 Å². The van der Waals surface area contributed by atoms with Gasteiger partial charge >= 0.3 is 11.8 Å². The van der Waals surface area contributed by atoms with Crippen LogP contribution >= 0.6 is 11.6 Å². The molecule has 1 heterocycles. The van der Waals surface area contributed by atoms with Gasteiger partial charge in [0.05, 0.1) is 5.56 Å². The Morgan fingerprint density at radius 2 is 1.81 bits per heavy atom. The van der Waals surface area contributed by atoms with Crippen molar-refractivity contribution < 1.29 is 17.6 Å². The summed E-state index contributed by atoms with van der Waals surface area (Å²) in [6.45, 7) is 0. The van der Waals surface area contributed by atoms with Crippen molar-refractivity contribution in [1.82, 2.24) is 0 Å². The number of benzene rings is 1. The van der Waals surface area contributed by atoms with Gasteiger partial charge in [0.25, 0.3) is 0 Å². The van der Waals surface area contributed by atoms with Gasteiger partial charge in [-0.25, -0.2) is 4.79 Å². The standard InChI is InChI=1S/C10H4ClF3O2/c11-8-7(10(12,13)14)5-3-1-2-4-6(5)16-9(8)15/h1-4H. The van der Waals surface area contributed by atoms with Crippen LogP contribution in [0.2, 0.25) is 5.02 Å². The molecule has 0 fully saturated rings. The molecule has 6 heteroatoms. The van der Waals surface area contributed by atoms with Gasteiger partial charge in [0.15, 0.2) is 0 Å². The SMILES string of the molecule is O=c1oc2ccccc2c(C(F)(F)F)c1Cl. The summed E-state index contributed by atoms with van der Waals surface area (Å²) in [6, 6.07) is 5.36. The molecule has 2 aromatic rings. The lowest BCUT2D eigenvalue weighted by molar-refractivity contribution is -0.136. The summed E-state index contributed by atoms with van der Waals surface area (Å²) < 4.78 is 42.7. The molecule has 0 atom stereocenters. The number of rotatable bonds is 0. The average molecular weight is 249 g/mol. The Hall–Kier alpha value is -1.49. The van der Waals surface area contributed by atoms with Crippen LogP contribution in [-0.4, -0.2) is 0 Å². The molecule has 0 amide bonds. The Kier molecular flexibility index (Phi) is 2.42. The number of para-hydroxylation sites is 1. The molecule has 0 saturated carbocycles. The molecule has 2 nitrogen and oxygen atoms in total. The van der Waals surface area contributed by atoms with Crippen molar-refractivity contribution in [1.29, 1.82) is 0 Å². The topological polar surface area (TPSA) is 30.2 Å². The molecule has 2 rings (SSSR count). The van der Waals surface area contributed by atoms with E-state index in [1.54, 1.807) is 0 Å². The summed E-state index contributed by atoms with van der Waals surface area (Å²) in [5.74, 6) is 0. The molecule has 0 bridgehead atoms. The fourth-order valence-corrected chi connectivity index (χ4v) is 1.65. The number of alkyl halides is 3. The van der Waals surface area contributed by atoms with Crippen LogP contribution in [0.25, 0.3) is 11.0 Å². The largest absolute Gasteiger partial charge is 0.422 e. The number of fused-ring (bicyclic) bond motifs is 1. The van der Waals surface area contributed by atoms with Gasteiger partial charge in [-0.3, -0.25) is 0 Å². The number of halogens is 4. The smallest absolute Gasteiger partial charge is 0.418 e. The monoisotopic (exact) mass is 248 g/mol. The Bertz CT molecular complexity index is 601. The summed E-state index contributed by atoms with van der Waals surface area (Å²) in [5, 5.41) is -1.16. The molecule has 0 aliphatic carbocycles. The lowest BCUT2D eigenvalue weighted by Crippen LogP contribution is -2.13. The van der Waals surface area contributed by atoms with Crippen LogP contribution in [0.1, 0.15) is 5.56 Å². The molecule has 0 unspecified atom stereocenters. The van der Waals surface area contributed by atoms with Crippen molar-refractivity contribution in [2.45, 2.75) is 6.18 Å². The maximum Gasteiger partial charge on any atom is 0.418 e. The molecule has 0 radical (unpaired) electrons. The van der Waals surface area contributed by atoms with Gasteiger partial charge in [-0.05, 0) is 6.07 Å². The quantitative estimate of drug-likeness (QED) is 0.668. The normalized spacial score (nSPS) is 12.0. The highest BCUT2D eigenvalue weighted by atomic mass is 35.5. The minimum Gasteiger partial charge on any atom is -0.422 e. The molecule has 16 heavy (non-hydrogen) atoms. The molecule has 0 spiro atoms. The molecule has 0 saturated heterocycles. The third kappa shape index (κ3) is 1.67. The molecule has 84 valence electrons. The zero-order chi connectivity index (χ0) is 11.9. The molecule has 1 aromatic carbocycles. The first-order valence-corrected chi connectivity index (χ1v) is 4.57. The summed E-state index contributed by atoms with van der Waals surface area (Å²) >= 11 is 5.33. The highest BCUT2D eigenvalue weighted by Crippen LogP contribution is 2.37. The molecular formula is C10H4ClF3O2. The second kappa shape index (κ2) is 3.52. The van der Waals surface area contributed by atoms with Crippen molar-refractivity contribution >= 4 is 22.6 Å². The van der Waals surface area contributed by atoms with Crippen LogP contribution in [-0.2, 0) is 6.18 Å². The molecule has 1 aromatic heterocycles. The molecule has 0 aliphatic heterocycles. The third-order valence-corrected chi connectivity index (χ3v) is 2.38. The van der Waals surface area contributed by atoms with Crippen LogP contribution in [0, 0.1) is 0 Å². The van der Waals surface area contributed by atoms with E-state index in [-0.39, 0.29) is 11.0 Å². The van der Waals surface area contributed by atoms with E-state index in [4.69, 9.17) is 11.6 Å². The highest BCUT2D eigenvalue weighted by Gasteiger charge is 2.37. The van der Waals surface area contributed by atoms with Crippen molar-refractivity contribution in [3.05, 3.63) is 45.3 Å². The van der Waals surface area contributed by atoms with Gasteiger partial charge in [0.1, 0.15) is 10.6 Å². The lowest BCUT2D eigenvalue weighted by Gasteiger charge is -2.10. The van der Waals surface area contributed by atoms with Crippen molar-refractivity contribution in [2.75, 3.05) is 0 Å². The van der Waals surface area contributed by atoms with Crippen molar-refractivity contribution in [3.63, 3.8) is 0 Å². The van der Waals surface area contributed by atoms with E-state index in [2.05, 4.69) is 4.42 Å². The second-order valence-corrected chi connectivity index (χ2v) is 3.45. The number of hydrogen-bond donors (Lipinski definition) is 0. The van der Waals surface area contributed by atoms with E-state index in [0.29, 0.717) is 0 Å². The average Bonchev–Trinajstić information content (AvgIpc) is 2.17. The van der Waals surface area contributed by atoms with E-state index >= 15 is 0 Å². The van der Waals surface area contributed by atoms with Gasteiger partial charge < -0.3 is 4.42 Å². The van der Waals surface area contributed by atoms with Gasteiger partial charge in [-0.2, -0.15) is 13.2 Å². The zero-order valence-electron chi connectivity index (χ0n) is 7.64. The van der Waals surface area contributed by atoms with Crippen LogP contribution < -0.4 is 5.63 Å². The molecule has 0 N–H and O–H groups in total. The van der Waals surface area contributed by atoms with Gasteiger partial charge in [0, 0.05) is 5.39 Å². The fourth-order valence-electron chi connectivity index (χ4n) is 1.40. The first-order valence-electron chi connectivity index (χ1n) is 4.20. The maximum atomic E-state index is 12.7. The Balaban J connectivity index is 2.99. The van der Waals surface area contributed by atoms with Crippen molar-refractivity contribution in [2.24, 2.45) is 0 Å².